The van der Waals surface area contributed by atoms with Gasteiger partial charge in [-0.1, -0.05) is 38.1 Å². The standard InChI is InChI=1S/C31H39N3O8/c1-29(2,3)42-28(38)31(6)17-16-22(30(31,4)5)26(36)33-23(27(37)41-7)18-19-12-14-20(15-13-19)32-25(35)21-10-8-9-11-24(21)34(39)40/h8-15,22-23H,16-18H2,1-7H3,(H,32,35)(H,33,36). The van der Waals surface area contributed by atoms with E-state index < -0.39 is 45.2 Å². The maximum Gasteiger partial charge on any atom is 0.328 e. The number of hydrogen-bond acceptors (Lipinski definition) is 8. The fraction of sp³-hybridized carbons (Fsp3) is 0.484. The molecule has 1 aliphatic rings. The fourth-order valence-electron chi connectivity index (χ4n) is 5.31. The third kappa shape index (κ3) is 6.95. The first-order valence-electron chi connectivity index (χ1n) is 13.8. The van der Waals surface area contributed by atoms with Crippen LogP contribution in [0.4, 0.5) is 11.4 Å². The van der Waals surface area contributed by atoms with Gasteiger partial charge in [0.2, 0.25) is 5.91 Å². The topological polar surface area (TPSA) is 154 Å². The first kappa shape index (κ1) is 32.2. The molecule has 3 rings (SSSR count). The highest BCUT2D eigenvalue weighted by molar-refractivity contribution is 6.07. The Kier molecular flexibility index (Phi) is 9.44. The number of carbonyl (C=O) groups excluding carboxylic acids is 4. The Morgan fingerprint density at radius 1 is 1.05 bits per heavy atom. The van der Waals surface area contributed by atoms with Crippen LogP contribution in [0.3, 0.4) is 0 Å². The predicted molar refractivity (Wildman–Crippen MR) is 156 cm³/mol. The molecule has 0 aliphatic heterocycles. The number of para-hydroxylation sites is 1. The minimum atomic E-state index is -0.987. The molecule has 1 saturated carbocycles. The summed E-state index contributed by atoms with van der Waals surface area (Å²) in [6, 6.07) is 11.2. The zero-order chi connectivity index (χ0) is 31.5. The summed E-state index contributed by atoms with van der Waals surface area (Å²) in [6.45, 7) is 11.0. The number of amides is 2. The zero-order valence-electron chi connectivity index (χ0n) is 25.1. The molecule has 0 aromatic heterocycles. The Hall–Kier alpha value is -4.28. The number of carbonyl (C=O) groups is 4. The Labute approximate surface area is 245 Å². The van der Waals surface area contributed by atoms with Crippen LogP contribution < -0.4 is 10.6 Å². The summed E-state index contributed by atoms with van der Waals surface area (Å²) in [7, 11) is 1.24. The van der Waals surface area contributed by atoms with Crippen LogP contribution in [0.5, 0.6) is 0 Å². The minimum Gasteiger partial charge on any atom is -0.467 e. The molecule has 11 heteroatoms. The van der Waals surface area contributed by atoms with Crippen LogP contribution in [0.2, 0.25) is 0 Å². The first-order chi connectivity index (χ1) is 19.5. The number of methoxy groups -OCH3 is 1. The second-order valence-electron chi connectivity index (χ2n) is 12.4. The molecule has 2 aromatic carbocycles. The molecular weight excluding hydrogens is 542 g/mol. The summed E-state index contributed by atoms with van der Waals surface area (Å²) in [5.41, 5.74) is -1.59. The van der Waals surface area contributed by atoms with Crippen molar-refractivity contribution < 1.29 is 33.6 Å². The van der Waals surface area contributed by atoms with Crippen LogP contribution in [-0.2, 0) is 30.3 Å². The Balaban J connectivity index is 1.71. The van der Waals surface area contributed by atoms with Gasteiger partial charge in [0.25, 0.3) is 11.6 Å². The smallest absolute Gasteiger partial charge is 0.328 e. The van der Waals surface area contributed by atoms with E-state index in [1.54, 1.807) is 45.0 Å². The molecule has 0 spiro atoms. The van der Waals surface area contributed by atoms with Gasteiger partial charge in [0.15, 0.2) is 0 Å². The van der Waals surface area contributed by atoms with Gasteiger partial charge in [0.1, 0.15) is 17.2 Å². The molecule has 0 heterocycles. The summed E-state index contributed by atoms with van der Waals surface area (Å²) < 4.78 is 10.6. The fourth-order valence-corrected chi connectivity index (χ4v) is 5.31. The molecule has 0 saturated heterocycles. The lowest BCUT2D eigenvalue weighted by Gasteiger charge is -2.40. The summed E-state index contributed by atoms with van der Waals surface area (Å²) in [5, 5.41) is 16.7. The van der Waals surface area contributed by atoms with Gasteiger partial charge >= 0.3 is 11.9 Å². The molecule has 1 fully saturated rings. The van der Waals surface area contributed by atoms with Crippen LogP contribution in [0, 0.1) is 26.9 Å². The summed E-state index contributed by atoms with van der Waals surface area (Å²) >= 11 is 0. The van der Waals surface area contributed by atoms with Crippen molar-refractivity contribution in [2.45, 2.75) is 72.4 Å². The number of ether oxygens (including phenoxy) is 2. The molecule has 2 amide bonds. The largest absolute Gasteiger partial charge is 0.467 e. The van der Waals surface area contributed by atoms with Crippen molar-refractivity contribution in [2.75, 3.05) is 12.4 Å². The lowest BCUT2D eigenvalue weighted by atomic mass is 9.65. The highest BCUT2D eigenvalue weighted by atomic mass is 16.6. The van der Waals surface area contributed by atoms with Gasteiger partial charge in [-0.15, -0.1) is 0 Å². The number of hydrogen-bond donors (Lipinski definition) is 2. The third-order valence-corrected chi connectivity index (χ3v) is 8.19. The molecule has 3 atom stereocenters. The van der Waals surface area contributed by atoms with E-state index >= 15 is 0 Å². The Bertz CT molecular complexity index is 1360. The molecule has 11 nitrogen and oxygen atoms in total. The van der Waals surface area contributed by atoms with Crippen molar-refractivity contribution in [3.05, 3.63) is 69.8 Å². The van der Waals surface area contributed by atoms with Gasteiger partial charge < -0.3 is 20.1 Å². The van der Waals surface area contributed by atoms with E-state index in [4.69, 9.17) is 9.47 Å². The van der Waals surface area contributed by atoms with E-state index in [1.807, 2.05) is 20.8 Å². The first-order valence-corrected chi connectivity index (χ1v) is 13.8. The number of nitrogens with one attached hydrogen (secondary N) is 2. The van der Waals surface area contributed by atoms with Crippen LogP contribution in [-0.4, -0.2) is 47.4 Å². The zero-order valence-corrected chi connectivity index (χ0v) is 25.1. The van der Waals surface area contributed by atoms with Crippen molar-refractivity contribution in [3.63, 3.8) is 0 Å². The third-order valence-electron chi connectivity index (χ3n) is 8.19. The van der Waals surface area contributed by atoms with E-state index in [9.17, 15) is 29.3 Å². The average molecular weight is 582 g/mol. The van der Waals surface area contributed by atoms with Crippen molar-refractivity contribution >= 4 is 35.1 Å². The highest BCUT2D eigenvalue weighted by Crippen LogP contribution is 2.57. The van der Waals surface area contributed by atoms with Gasteiger partial charge in [-0.2, -0.15) is 0 Å². The molecule has 3 unspecified atom stereocenters. The van der Waals surface area contributed by atoms with Crippen molar-refractivity contribution in [3.8, 4) is 0 Å². The van der Waals surface area contributed by atoms with Gasteiger partial charge in [0.05, 0.1) is 17.4 Å². The van der Waals surface area contributed by atoms with Gasteiger partial charge in [0, 0.05) is 24.1 Å². The Morgan fingerprint density at radius 3 is 2.24 bits per heavy atom. The monoisotopic (exact) mass is 581 g/mol. The number of benzene rings is 2. The molecule has 0 bridgehead atoms. The number of anilines is 1. The minimum absolute atomic E-state index is 0.0716. The second-order valence-corrected chi connectivity index (χ2v) is 12.4. The van der Waals surface area contributed by atoms with Crippen molar-refractivity contribution in [1.82, 2.24) is 5.32 Å². The van der Waals surface area contributed by atoms with Crippen LogP contribution in [0.15, 0.2) is 48.5 Å². The lowest BCUT2D eigenvalue weighted by molar-refractivity contribution is -0.385. The van der Waals surface area contributed by atoms with E-state index in [2.05, 4.69) is 10.6 Å². The molecule has 2 N–H and O–H groups in total. The number of esters is 2. The van der Waals surface area contributed by atoms with E-state index in [0.29, 0.717) is 24.1 Å². The molecule has 42 heavy (non-hydrogen) atoms. The summed E-state index contributed by atoms with van der Waals surface area (Å²) in [5.74, 6) is -2.50. The summed E-state index contributed by atoms with van der Waals surface area (Å²) in [6.07, 6.45) is 1.04. The molecule has 226 valence electrons. The average Bonchev–Trinajstić information content (AvgIpc) is 3.17. The van der Waals surface area contributed by atoms with Gasteiger partial charge in [-0.05, 0) is 69.7 Å². The van der Waals surface area contributed by atoms with Gasteiger partial charge in [-0.25, -0.2) is 4.79 Å². The van der Waals surface area contributed by atoms with Crippen molar-refractivity contribution in [1.29, 1.82) is 0 Å². The van der Waals surface area contributed by atoms with E-state index in [0.717, 1.165) is 0 Å². The quantitative estimate of drug-likeness (QED) is 0.242. The number of rotatable bonds is 9. The number of nitrogens with zero attached hydrogens (tertiary/aromatic N) is 1. The summed E-state index contributed by atoms with van der Waals surface area (Å²) in [4.78, 5) is 62.5. The SMILES string of the molecule is COC(=O)C(Cc1ccc(NC(=O)c2ccccc2[N+](=O)[O-])cc1)NC(=O)C1CCC(C)(C(=O)OC(C)(C)C)C1(C)C. The Morgan fingerprint density at radius 2 is 1.67 bits per heavy atom. The maximum absolute atomic E-state index is 13.5. The normalized spacial score (nSPS) is 20.2. The molecule has 0 radical (unpaired) electrons. The lowest BCUT2D eigenvalue weighted by Crippen LogP contribution is -2.51. The highest BCUT2D eigenvalue weighted by Gasteiger charge is 2.59. The van der Waals surface area contributed by atoms with Crippen LogP contribution in [0.1, 0.15) is 70.3 Å². The molecule has 2 aromatic rings. The van der Waals surface area contributed by atoms with Crippen LogP contribution >= 0.6 is 0 Å². The van der Waals surface area contributed by atoms with Gasteiger partial charge in [-0.3, -0.25) is 24.5 Å². The van der Waals surface area contributed by atoms with Crippen molar-refractivity contribution in [2.24, 2.45) is 16.7 Å². The maximum atomic E-state index is 13.5. The predicted octanol–water partition coefficient (Wildman–Crippen LogP) is 4.83. The van der Waals surface area contributed by atoms with E-state index in [-0.39, 0.29) is 29.5 Å². The second kappa shape index (κ2) is 12.3. The van der Waals surface area contributed by atoms with E-state index in [1.165, 1.54) is 31.4 Å². The van der Waals surface area contributed by atoms with Crippen LogP contribution in [0.25, 0.3) is 0 Å². The molecule has 1 aliphatic carbocycles. The number of nitro groups is 1. The number of nitro benzene ring substituents is 1. The molecular formula is C31H39N3O8.